The number of thiazole rings is 1. The van der Waals surface area contributed by atoms with Crippen molar-refractivity contribution >= 4 is 62.3 Å². The summed E-state index contributed by atoms with van der Waals surface area (Å²) in [5, 5.41) is 33.7. The molecule has 0 saturated carbocycles. The Kier molecular flexibility index (Phi) is 6.71. The summed E-state index contributed by atoms with van der Waals surface area (Å²) < 4.78 is 1.56. The zero-order valence-electron chi connectivity index (χ0n) is 17.5. The highest BCUT2D eigenvalue weighted by Gasteiger charge is 2.21. The van der Waals surface area contributed by atoms with Gasteiger partial charge in [0, 0.05) is 35.7 Å². The molecule has 35 heavy (non-hydrogen) atoms. The summed E-state index contributed by atoms with van der Waals surface area (Å²) in [6.45, 7) is 0. The number of nitrogens with one attached hydrogen (secondary N) is 1. The van der Waals surface area contributed by atoms with Crippen molar-refractivity contribution in [2.24, 2.45) is 0 Å². The number of nitro benzene ring substituents is 2. The summed E-state index contributed by atoms with van der Waals surface area (Å²) in [6.07, 6.45) is 0. The van der Waals surface area contributed by atoms with E-state index in [2.05, 4.69) is 10.3 Å². The largest absolute Gasteiger partial charge is 0.478 e. The van der Waals surface area contributed by atoms with Crippen LogP contribution in [0.1, 0.15) is 26.3 Å². The number of amides is 1. The standard InChI is InChI=1S/C22H14N4O7S2/c27-20(16-7-6-15(26(32)33)10-17(16)21(28)29)23-13-3-8-18-19(9-13)35-22(24-18)34-11-12-1-4-14(5-2-12)25(30)31/h1-10H,11H2,(H,23,27)(H,28,29). The van der Waals surface area contributed by atoms with Crippen LogP contribution in [0.2, 0.25) is 0 Å². The van der Waals surface area contributed by atoms with Crippen molar-refractivity contribution in [3.8, 4) is 0 Å². The summed E-state index contributed by atoms with van der Waals surface area (Å²) in [7, 11) is 0. The molecule has 0 saturated heterocycles. The van der Waals surface area contributed by atoms with E-state index in [1.165, 1.54) is 35.2 Å². The number of nitro groups is 2. The van der Waals surface area contributed by atoms with E-state index in [0.717, 1.165) is 32.8 Å². The van der Waals surface area contributed by atoms with Crippen LogP contribution in [0, 0.1) is 20.2 Å². The zero-order chi connectivity index (χ0) is 25.1. The molecule has 0 radical (unpaired) electrons. The van der Waals surface area contributed by atoms with Crippen molar-refractivity contribution in [2.75, 3.05) is 5.32 Å². The van der Waals surface area contributed by atoms with Gasteiger partial charge in [-0.05, 0) is 29.8 Å². The number of carbonyl (C=O) groups is 2. The maximum Gasteiger partial charge on any atom is 0.336 e. The first-order valence-corrected chi connectivity index (χ1v) is 11.6. The minimum Gasteiger partial charge on any atom is -0.478 e. The number of hydrogen-bond donors (Lipinski definition) is 2. The van der Waals surface area contributed by atoms with Gasteiger partial charge in [0.1, 0.15) is 0 Å². The van der Waals surface area contributed by atoms with Crippen molar-refractivity contribution < 1.29 is 24.5 Å². The maximum absolute atomic E-state index is 12.7. The number of nitrogens with zero attached hydrogens (tertiary/aromatic N) is 3. The van der Waals surface area contributed by atoms with Crippen molar-refractivity contribution in [1.82, 2.24) is 4.98 Å². The third kappa shape index (κ3) is 5.42. The average molecular weight is 511 g/mol. The molecule has 4 rings (SSSR count). The number of benzene rings is 3. The summed E-state index contributed by atoms with van der Waals surface area (Å²) in [5.74, 6) is -1.60. The van der Waals surface area contributed by atoms with E-state index in [4.69, 9.17) is 0 Å². The van der Waals surface area contributed by atoms with Crippen LogP contribution in [0.5, 0.6) is 0 Å². The molecule has 0 aliphatic rings. The minimum atomic E-state index is -1.45. The number of thioether (sulfide) groups is 1. The normalized spacial score (nSPS) is 10.7. The van der Waals surface area contributed by atoms with E-state index in [0.29, 0.717) is 17.0 Å². The SMILES string of the molecule is O=C(O)c1cc([N+](=O)[O-])ccc1C(=O)Nc1ccc2nc(SCc3ccc([N+](=O)[O-])cc3)sc2c1. The van der Waals surface area contributed by atoms with Crippen LogP contribution in [0.15, 0.2) is 65.0 Å². The first-order chi connectivity index (χ1) is 16.7. The number of carbonyl (C=O) groups excluding carboxylic acids is 1. The van der Waals surface area contributed by atoms with Crippen LogP contribution in [0.4, 0.5) is 17.1 Å². The molecule has 0 bridgehead atoms. The van der Waals surface area contributed by atoms with E-state index in [9.17, 15) is 34.9 Å². The van der Waals surface area contributed by atoms with Crippen molar-refractivity contribution in [3.05, 3.63) is 97.6 Å². The lowest BCUT2D eigenvalue weighted by Crippen LogP contribution is -2.16. The number of anilines is 1. The molecule has 0 atom stereocenters. The van der Waals surface area contributed by atoms with Gasteiger partial charge in [0.25, 0.3) is 17.3 Å². The van der Waals surface area contributed by atoms with Gasteiger partial charge in [0.15, 0.2) is 4.34 Å². The molecule has 3 aromatic carbocycles. The van der Waals surface area contributed by atoms with E-state index in [1.54, 1.807) is 30.3 Å². The summed E-state index contributed by atoms with van der Waals surface area (Å²) in [5.41, 5.74) is 0.951. The second-order valence-corrected chi connectivity index (χ2v) is 9.37. The topological polar surface area (TPSA) is 166 Å². The van der Waals surface area contributed by atoms with Gasteiger partial charge in [-0.25, -0.2) is 9.78 Å². The molecule has 1 amide bonds. The van der Waals surface area contributed by atoms with E-state index >= 15 is 0 Å². The Morgan fingerprint density at radius 2 is 1.63 bits per heavy atom. The second-order valence-electron chi connectivity index (χ2n) is 7.12. The average Bonchev–Trinajstić information content (AvgIpc) is 3.24. The Labute approximate surface area is 204 Å². The van der Waals surface area contributed by atoms with Gasteiger partial charge in [-0.2, -0.15) is 0 Å². The molecule has 1 aromatic heterocycles. The molecule has 0 unspecified atom stereocenters. The Hall–Kier alpha value is -4.36. The highest BCUT2D eigenvalue weighted by atomic mass is 32.2. The van der Waals surface area contributed by atoms with Gasteiger partial charge in [0.05, 0.1) is 31.2 Å². The third-order valence-corrected chi connectivity index (χ3v) is 7.06. The highest BCUT2D eigenvalue weighted by molar-refractivity contribution is 8.00. The van der Waals surface area contributed by atoms with E-state index < -0.39 is 33.0 Å². The predicted molar refractivity (Wildman–Crippen MR) is 130 cm³/mol. The first kappa shape index (κ1) is 23.8. The smallest absolute Gasteiger partial charge is 0.336 e. The number of carboxylic acids is 1. The number of aromatic carboxylic acids is 1. The molecule has 11 nitrogen and oxygen atoms in total. The van der Waals surface area contributed by atoms with Crippen LogP contribution < -0.4 is 5.32 Å². The Bertz CT molecular complexity index is 1490. The predicted octanol–water partition coefficient (Wildman–Crippen LogP) is 5.36. The lowest BCUT2D eigenvalue weighted by atomic mass is 10.1. The van der Waals surface area contributed by atoms with E-state index in [-0.39, 0.29) is 11.3 Å². The molecule has 0 spiro atoms. The van der Waals surface area contributed by atoms with E-state index in [1.807, 2.05) is 0 Å². The van der Waals surface area contributed by atoms with Crippen LogP contribution in [-0.2, 0) is 5.75 Å². The van der Waals surface area contributed by atoms with Crippen LogP contribution >= 0.6 is 23.1 Å². The molecular weight excluding hydrogens is 496 g/mol. The zero-order valence-corrected chi connectivity index (χ0v) is 19.2. The van der Waals surface area contributed by atoms with Crippen molar-refractivity contribution in [3.63, 3.8) is 0 Å². The van der Waals surface area contributed by atoms with Crippen LogP contribution in [-0.4, -0.2) is 31.8 Å². The van der Waals surface area contributed by atoms with Crippen molar-refractivity contribution in [2.45, 2.75) is 10.1 Å². The van der Waals surface area contributed by atoms with Gasteiger partial charge in [-0.15, -0.1) is 11.3 Å². The lowest BCUT2D eigenvalue weighted by Gasteiger charge is -2.08. The first-order valence-electron chi connectivity index (χ1n) is 9.81. The fourth-order valence-electron chi connectivity index (χ4n) is 3.12. The molecule has 1 heterocycles. The summed E-state index contributed by atoms with van der Waals surface area (Å²) in [6, 6.07) is 14.3. The van der Waals surface area contributed by atoms with Crippen LogP contribution in [0.3, 0.4) is 0 Å². The van der Waals surface area contributed by atoms with Gasteiger partial charge < -0.3 is 10.4 Å². The van der Waals surface area contributed by atoms with Gasteiger partial charge in [-0.1, -0.05) is 23.9 Å². The van der Waals surface area contributed by atoms with Gasteiger partial charge >= 0.3 is 5.97 Å². The molecule has 176 valence electrons. The Morgan fingerprint density at radius 1 is 0.943 bits per heavy atom. The molecule has 0 aliphatic heterocycles. The molecule has 0 aliphatic carbocycles. The van der Waals surface area contributed by atoms with Crippen molar-refractivity contribution in [1.29, 1.82) is 0 Å². The molecule has 2 N–H and O–H groups in total. The highest BCUT2D eigenvalue weighted by Crippen LogP contribution is 2.33. The quantitative estimate of drug-likeness (QED) is 0.180. The molecular formula is C22H14N4O7S2. The number of hydrogen-bond acceptors (Lipinski definition) is 9. The number of carboxylic acid groups (broad SMARTS) is 1. The number of non-ortho nitro benzene ring substituents is 2. The summed E-state index contributed by atoms with van der Waals surface area (Å²) >= 11 is 2.87. The summed E-state index contributed by atoms with van der Waals surface area (Å²) in [4.78, 5) is 49.2. The number of fused-ring (bicyclic) bond motifs is 1. The Balaban J connectivity index is 1.48. The fourth-order valence-corrected chi connectivity index (χ4v) is 5.18. The number of rotatable bonds is 8. The lowest BCUT2D eigenvalue weighted by molar-refractivity contribution is -0.385. The molecule has 13 heteroatoms. The fraction of sp³-hybridized carbons (Fsp3) is 0.0455. The Morgan fingerprint density at radius 3 is 2.29 bits per heavy atom. The molecule has 4 aromatic rings. The minimum absolute atomic E-state index is 0.0255. The second kappa shape index (κ2) is 9.87. The number of aromatic nitrogens is 1. The van der Waals surface area contributed by atoms with Crippen LogP contribution in [0.25, 0.3) is 10.2 Å². The third-order valence-electron chi connectivity index (χ3n) is 4.83. The van der Waals surface area contributed by atoms with Gasteiger partial charge in [0.2, 0.25) is 0 Å². The monoisotopic (exact) mass is 510 g/mol. The molecule has 0 fully saturated rings. The maximum atomic E-state index is 12.7. The van der Waals surface area contributed by atoms with Gasteiger partial charge in [-0.3, -0.25) is 25.0 Å².